The van der Waals surface area contributed by atoms with Crippen molar-refractivity contribution < 1.29 is 36.9 Å². The minimum atomic E-state index is -1.58. The molecule has 0 bridgehead atoms. The summed E-state index contributed by atoms with van der Waals surface area (Å²) in [6.07, 6.45) is -2.81. The van der Waals surface area contributed by atoms with Crippen LogP contribution in [0.3, 0.4) is 0 Å². The number of halogens is 3. The van der Waals surface area contributed by atoms with Crippen molar-refractivity contribution >= 4 is 5.91 Å². The van der Waals surface area contributed by atoms with E-state index in [0.717, 1.165) is 17.7 Å². The van der Waals surface area contributed by atoms with Crippen molar-refractivity contribution in [2.24, 2.45) is 5.84 Å². The number of nitrogens with one attached hydrogen (secondary N) is 1. The summed E-state index contributed by atoms with van der Waals surface area (Å²) < 4.78 is 66.1. The van der Waals surface area contributed by atoms with Gasteiger partial charge in [0.15, 0.2) is 30.0 Å². The monoisotopic (exact) mass is 505 g/mol. The summed E-state index contributed by atoms with van der Waals surface area (Å²) in [6, 6.07) is 10.2. The van der Waals surface area contributed by atoms with Crippen LogP contribution in [0.25, 0.3) is 11.3 Å². The van der Waals surface area contributed by atoms with E-state index in [0.29, 0.717) is 0 Å². The molecule has 36 heavy (non-hydrogen) atoms. The third kappa shape index (κ3) is 4.47. The summed E-state index contributed by atoms with van der Waals surface area (Å²) >= 11 is 0. The zero-order valence-electron chi connectivity index (χ0n) is 18.9. The average molecular weight is 505 g/mol. The van der Waals surface area contributed by atoms with E-state index in [9.17, 15) is 18.0 Å². The van der Waals surface area contributed by atoms with Gasteiger partial charge in [-0.1, -0.05) is 35.5 Å². The standard InChI is InChI=1S/C23H22F3N5O5/c1-33-23-20-19(35-22(36-23)11-5-3-2-4-6-11)16(9-17(34-20)21(32)28-27)31-10-15(29-30-31)12-7-13(24)18(26)14(25)8-12/h2-8,10,16-17,19-20,22-23H,9,27H2,1H3,(H,28,32). The van der Waals surface area contributed by atoms with Crippen molar-refractivity contribution in [1.29, 1.82) is 0 Å². The molecule has 2 saturated heterocycles. The van der Waals surface area contributed by atoms with Crippen LogP contribution in [0.4, 0.5) is 13.2 Å². The molecule has 1 amide bonds. The first-order valence-electron chi connectivity index (χ1n) is 11.0. The molecule has 5 rings (SSSR count). The maximum absolute atomic E-state index is 13.8. The van der Waals surface area contributed by atoms with E-state index < -0.39 is 60.3 Å². The Morgan fingerprint density at radius 2 is 1.83 bits per heavy atom. The molecule has 0 aliphatic carbocycles. The molecule has 0 spiro atoms. The normalized spacial score (nSPS) is 27.9. The number of ether oxygens (including phenoxy) is 4. The Morgan fingerprint density at radius 3 is 2.50 bits per heavy atom. The van der Waals surface area contributed by atoms with E-state index in [1.165, 1.54) is 18.0 Å². The van der Waals surface area contributed by atoms with Gasteiger partial charge in [0.2, 0.25) is 0 Å². The van der Waals surface area contributed by atoms with E-state index >= 15 is 0 Å². The molecule has 2 aliphatic rings. The predicted molar refractivity (Wildman–Crippen MR) is 116 cm³/mol. The van der Waals surface area contributed by atoms with Gasteiger partial charge in [-0.2, -0.15) is 0 Å². The van der Waals surface area contributed by atoms with Gasteiger partial charge in [0.1, 0.15) is 24.0 Å². The Bertz CT molecular complexity index is 1220. The first kappa shape index (κ1) is 24.3. The molecular formula is C23H22F3N5O5. The fraction of sp³-hybridized carbons (Fsp3) is 0.348. The summed E-state index contributed by atoms with van der Waals surface area (Å²) in [5.41, 5.74) is 2.88. The Hall–Kier alpha value is -3.36. The number of benzene rings is 2. The first-order valence-corrected chi connectivity index (χ1v) is 11.0. The van der Waals surface area contributed by atoms with Gasteiger partial charge >= 0.3 is 0 Å². The van der Waals surface area contributed by atoms with Gasteiger partial charge in [-0.15, -0.1) is 5.10 Å². The fourth-order valence-corrected chi connectivity index (χ4v) is 4.41. The molecular weight excluding hydrogens is 483 g/mol. The smallest absolute Gasteiger partial charge is 0.263 e. The number of aromatic nitrogens is 3. The zero-order valence-corrected chi connectivity index (χ0v) is 18.9. The van der Waals surface area contributed by atoms with E-state index in [1.807, 2.05) is 30.3 Å². The van der Waals surface area contributed by atoms with Gasteiger partial charge in [0.05, 0.1) is 12.2 Å². The second-order valence-electron chi connectivity index (χ2n) is 8.32. The van der Waals surface area contributed by atoms with Gasteiger partial charge in [-0.25, -0.2) is 23.7 Å². The van der Waals surface area contributed by atoms with Crippen molar-refractivity contribution in [1.82, 2.24) is 20.4 Å². The highest BCUT2D eigenvalue weighted by Gasteiger charge is 2.52. The third-order valence-corrected chi connectivity index (χ3v) is 6.16. The number of hydrazine groups is 1. The minimum absolute atomic E-state index is 0.0117. The number of nitrogens with zero attached hydrogens (tertiary/aromatic N) is 3. The molecule has 0 radical (unpaired) electrons. The van der Waals surface area contributed by atoms with Crippen LogP contribution >= 0.6 is 0 Å². The molecule has 2 fully saturated rings. The van der Waals surface area contributed by atoms with Crippen LogP contribution in [0.2, 0.25) is 0 Å². The number of hydrogen-bond donors (Lipinski definition) is 2. The molecule has 2 aliphatic heterocycles. The number of rotatable bonds is 5. The fourth-order valence-electron chi connectivity index (χ4n) is 4.41. The van der Waals surface area contributed by atoms with Crippen molar-refractivity contribution in [2.75, 3.05) is 7.11 Å². The second kappa shape index (κ2) is 9.95. The van der Waals surface area contributed by atoms with Crippen LogP contribution < -0.4 is 11.3 Å². The maximum Gasteiger partial charge on any atom is 0.263 e. The Kier molecular flexibility index (Phi) is 6.73. The molecule has 0 saturated carbocycles. The molecule has 6 unspecified atom stereocenters. The highest BCUT2D eigenvalue weighted by atomic mass is 19.2. The Labute approximate surface area is 203 Å². The van der Waals surface area contributed by atoms with Crippen LogP contribution in [0.1, 0.15) is 24.3 Å². The molecule has 6 atom stereocenters. The molecule has 3 aromatic rings. The minimum Gasteiger partial charge on any atom is -0.357 e. The number of carbonyl (C=O) groups excluding carboxylic acids is 1. The number of hydrogen-bond acceptors (Lipinski definition) is 8. The summed E-state index contributed by atoms with van der Waals surface area (Å²) in [5, 5.41) is 8.10. The highest BCUT2D eigenvalue weighted by molar-refractivity contribution is 5.80. The van der Waals surface area contributed by atoms with E-state index in [4.69, 9.17) is 24.8 Å². The molecule has 3 heterocycles. The molecule has 13 heteroatoms. The summed E-state index contributed by atoms with van der Waals surface area (Å²) in [5.74, 6) is 0.458. The number of carbonyl (C=O) groups is 1. The third-order valence-electron chi connectivity index (χ3n) is 6.16. The van der Waals surface area contributed by atoms with Gasteiger partial charge in [-0.05, 0) is 12.1 Å². The van der Waals surface area contributed by atoms with Crippen molar-refractivity contribution in [3.63, 3.8) is 0 Å². The van der Waals surface area contributed by atoms with Crippen molar-refractivity contribution in [2.45, 2.75) is 43.4 Å². The molecule has 2 aromatic carbocycles. The second-order valence-corrected chi connectivity index (χ2v) is 8.32. The first-order chi connectivity index (χ1) is 17.4. The van der Waals surface area contributed by atoms with Gasteiger partial charge in [0.25, 0.3) is 5.91 Å². The van der Waals surface area contributed by atoms with Gasteiger partial charge in [0, 0.05) is 24.7 Å². The molecule has 3 N–H and O–H groups in total. The van der Waals surface area contributed by atoms with Crippen LogP contribution in [-0.2, 0) is 23.7 Å². The van der Waals surface area contributed by atoms with Gasteiger partial charge < -0.3 is 18.9 Å². The predicted octanol–water partition coefficient (Wildman–Crippen LogP) is 2.14. The lowest BCUT2D eigenvalue weighted by atomic mass is 9.93. The highest BCUT2D eigenvalue weighted by Crippen LogP contribution is 2.42. The lowest BCUT2D eigenvalue weighted by Crippen LogP contribution is -2.60. The van der Waals surface area contributed by atoms with Crippen LogP contribution in [0.5, 0.6) is 0 Å². The van der Waals surface area contributed by atoms with E-state index in [-0.39, 0.29) is 17.7 Å². The summed E-state index contributed by atoms with van der Waals surface area (Å²) in [6.45, 7) is 0. The maximum atomic E-state index is 13.8. The number of fused-ring (bicyclic) bond motifs is 1. The lowest BCUT2D eigenvalue weighted by Gasteiger charge is -2.48. The Balaban J connectivity index is 1.51. The number of methoxy groups -OCH3 is 1. The molecule has 190 valence electrons. The zero-order chi connectivity index (χ0) is 25.4. The largest absolute Gasteiger partial charge is 0.357 e. The average Bonchev–Trinajstić information content (AvgIpc) is 3.40. The summed E-state index contributed by atoms with van der Waals surface area (Å²) in [4.78, 5) is 12.4. The van der Waals surface area contributed by atoms with Crippen molar-refractivity contribution in [3.8, 4) is 11.3 Å². The lowest BCUT2D eigenvalue weighted by molar-refractivity contribution is -0.371. The SMILES string of the molecule is COC1OC(c2ccccc2)OC2C1OC(C(=O)NN)CC2n1cc(-c2cc(F)c(F)c(F)c2)nn1. The molecule has 10 nitrogen and oxygen atoms in total. The van der Waals surface area contributed by atoms with Crippen LogP contribution in [0.15, 0.2) is 48.7 Å². The van der Waals surface area contributed by atoms with Crippen LogP contribution in [0, 0.1) is 17.5 Å². The summed E-state index contributed by atoms with van der Waals surface area (Å²) in [7, 11) is 1.44. The van der Waals surface area contributed by atoms with Crippen LogP contribution in [-0.4, -0.2) is 52.6 Å². The molecule has 1 aromatic heterocycles. The van der Waals surface area contributed by atoms with Crippen molar-refractivity contribution in [3.05, 3.63) is 71.7 Å². The van der Waals surface area contributed by atoms with E-state index in [2.05, 4.69) is 15.7 Å². The van der Waals surface area contributed by atoms with Gasteiger partial charge in [-0.3, -0.25) is 10.2 Å². The Morgan fingerprint density at radius 1 is 1.11 bits per heavy atom. The van der Waals surface area contributed by atoms with E-state index in [1.54, 1.807) is 0 Å². The topological polar surface area (TPSA) is 123 Å². The number of amides is 1. The quantitative estimate of drug-likeness (QED) is 0.234. The number of nitrogens with two attached hydrogens (primary N) is 1.